The summed E-state index contributed by atoms with van der Waals surface area (Å²) in [4.78, 5) is 6.27. The Morgan fingerprint density at radius 2 is 1.56 bits per heavy atom. The highest BCUT2D eigenvalue weighted by Crippen LogP contribution is 2.16. The summed E-state index contributed by atoms with van der Waals surface area (Å²) >= 11 is 5.09. The quantitative estimate of drug-likeness (QED) is 0.662. The number of imidazole rings is 1. The smallest absolute Gasteiger partial charge is 0.175 e. The van der Waals surface area contributed by atoms with E-state index in [9.17, 15) is 0 Å². The number of hydrogen-bond acceptors (Lipinski definition) is 1. The average Bonchev–Trinajstić information content (AvgIpc) is 2.71. The van der Waals surface area contributed by atoms with E-state index in [2.05, 4.69) is 59.4 Å². The monoisotopic (exact) mass is 254 g/mol. The number of nitrogens with one attached hydrogen (secondary N) is 2. The van der Waals surface area contributed by atoms with Gasteiger partial charge in [0.2, 0.25) is 0 Å². The summed E-state index contributed by atoms with van der Waals surface area (Å²) in [6.07, 6.45) is 0.946. The predicted molar refractivity (Wildman–Crippen MR) is 77.5 cm³/mol. The van der Waals surface area contributed by atoms with Gasteiger partial charge in [-0.05, 0) is 48.8 Å². The van der Waals surface area contributed by atoms with Crippen molar-refractivity contribution in [3.05, 3.63) is 63.9 Å². The van der Waals surface area contributed by atoms with Crippen LogP contribution < -0.4 is 0 Å². The number of aromatic amines is 2. The molecule has 3 aromatic rings. The first-order valence-corrected chi connectivity index (χ1v) is 6.38. The van der Waals surface area contributed by atoms with Crippen molar-refractivity contribution >= 4 is 23.3 Å². The van der Waals surface area contributed by atoms with Crippen molar-refractivity contribution in [1.29, 1.82) is 0 Å². The van der Waals surface area contributed by atoms with Crippen molar-refractivity contribution in [1.82, 2.24) is 9.97 Å². The third-order valence-corrected chi connectivity index (χ3v) is 3.31. The van der Waals surface area contributed by atoms with Crippen LogP contribution in [0, 0.1) is 11.7 Å². The molecule has 2 N–H and O–H groups in total. The second kappa shape index (κ2) is 4.42. The number of rotatable bonds is 2. The first kappa shape index (κ1) is 11.2. The van der Waals surface area contributed by atoms with Crippen LogP contribution in [0.15, 0.2) is 42.5 Å². The van der Waals surface area contributed by atoms with Crippen LogP contribution >= 0.6 is 12.2 Å². The summed E-state index contributed by atoms with van der Waals surface area (Å²) in [5.74, 6) is 0. The van der Waals surface area contributed by atoms with Crippen molar-refractivity contribution in [3.63, 3.8) is 0 Å². The number of fused-ring (bicyclic) bond motifs is 1. The number of H-pyrrole nitrogens is 2. The molecule has 0 unspecified atom stereocenters. The zero-order chi connectivity index (χ0) is 12.5. The van der Waals surface area contributed by atoms with E-state index in [-0.39, 0.29) is 0 Å². The number of hydrogen-bond donors (Lipinski definition) is 2. The average molecular weight is 254 g/mol. The fourth-order valence-corrected chi connectivity index (χ4v) is 2.35. The van der Waals surface area contributed by atoms with Gasteiger partial charge in [0.25, 0.3) is 0 Å². The van der Waals surface area contributed by atoms with Gasteiger partial charge in [-0.3, -0.25) is 0 Å². The molecule has 0 atom stereocenters. The highest BCUT2D eigenvalue weighted by molar-refractivity contribution is 7.71. The Morgan fingerprint density at radius 1 is 0.889 bits per heavy atom. The molecule has 0 fully saturated rings. The van der Waals surface area contributed by atoms with Crippen molar-refractivity contribution in [2.24, 2.45) is 0 Å². The molecule has 0 aliphatic rings. The lowest BCUT2D eigenvalue weighted by molar-refractivity contribution is 1.19. The minimum absolute atomic E-state index is 0.678. The molecule has 2 nitrogen and oxygen atoms in total. The predicted octanol–water partition coefficient (Wildman–Crippen LogP) is 4.12. The van der Waals surface area contributed by atoms with E-state index in [0.717, 1.165) is 17.5 Å². The van der Waals surface area contributed by atoms with Crippen LogP contribution in [-0.2, 0) is 6.42 Å². The normalized spacial score (nSPS) is 10.9. The van der Waals surface area contributed by atoms with Crippen molar-refractivity contribution in [3.8, 4) is 0 Å². The minimum atomic E-state index is 0.678. The van der Waals surface area contributed by atoms with Crippen LogP contribution in [-0.4, -0.2) is 9.97 Å². The zero-order valence-electron chi connectivity index (χ0n) is 10.2. The third kappa shape index (κ3) is 2.22. The number of aromatic nitrogens is 2. The van der Waals surface area contributed by atoms with Crippen LogP contribution in [0.4, 0.5) is 0 Å². The maximum atomic E-state index is 5.09. The summed E-state index contributed by atoms with van der Waals surface area (Å²) in [6, 6.07) is 15.0. The molecule has 2 aromatic carbocycles. The molecule has 1 aromatic heterocycles. The molecule has 0 saturated carbocycles. The molecule has 3 rings (SSSR count). The Bertz CT molecular complexity index is 735. The van der Waals surface area contributed by atoms with Crippen LogP contribution in [0.25, 0.3) is 11.0 Å². The molecule has 0 saturated heterocycles. The largest absolute Gasteiger partial charge is 0.331 e. The Balaban J connectivity index is 1.94. The molecule has 0 spiro atoms. The summed E-state index contributed by atoms with van der Waals surface area (Å²) in [7, 11) is 0. The number of aryl methyl sites for hydroxylation is 1. The molecule has 1 heterocycles. The van der Waals surface area contributed by atoms with Crippen LogP contribution in [0.1, 0.15) is 16.7 Å². The van der Waals surface area contributed by atoms with Gasteiger partial charge in [-0.2, -0.15) is 0 Å². The fourth-order valence-electron chi connectivity index (χ4n) is 2.13. The van der Waals surface area contributed by atoms with E-state index in [1.54, 1.807) is 0 Å². The van der Waals surface area contributed by atoms with Gasteiger partial charge in [-0.15, -0.1) is 0 Å². The second-order valence-electron chi connectivity index (χ2n) is 4.62. The Kier molecular flexibility index (Phi) is 2.76. The molecular weight excluding hydrogens is 240 g/mol. The summed E-state index contributed by atoms with van der Waals surface area (Å²) in [6.45, 7) is 2.11. The van der Waals surface area contributed by atoms with E-state index in [1.807, 2.05) is 0 Å². The molecule has 18 heavy (non-hydrogen) atoms. The van der Waals surface area contributed by atoms with Crippen LogP contribution in [0.5, 0.6) is 0 Å². The molecular formula is C15H14N2S. The summed E-state index contributed by atoms with van der Waals surface area (Å²) in [5, 5.41) is 0. The van der Waals surface area contributed by atoms with Crippen LogP contribution in [0.2, 0.25) is 0 Å². The topological polar surface area (TPSA) is 31.6 Å². The molecule has 0 bridgehead atoms. The highest BCUT2D eigenvalue weighted by Gasteiger charge is 2.00. The van der Waals surface area contributed by atoms with E-state index in [1.165, 1.54) is 16.7 Å². The van der Waals surface area contributed by atoms with Crippen molar-refractivity contribution in [2.75, 3.05) is 0 Å². The highest BCUT2D eigenvalue weighted by atomic mass is 32.1. The van der Waals surface area contributed by atoms with Gasteiger partial charge >= 0.3 is 0 Å². The SMILES string of the molecule is Cc1ccc(Cc2ccc3[nH]c(=S)[nH]c3c2)cc1. The van der Waals surface area contributed by atoms with Gasteiger partial charge in [0.1, 0.15) is 0 Å². The Hall–Kier alpha value is -1.87. The molecule has 90 valence electrons. The molecule has 3 heteroatoms. The van der Waals surface area contributed by atoms with Gasteiger partial charge in [-0.1, -0.05) is 35.9 Å². The Morgan fingerprint density at radius 3 is 2.33 bits per heavy atom. The van der Waals surface area contributed by atoms with Gasteiger partial charge in [0.15, 0.2) is 4.77 Å². The van der Waals surface area contributed by atoms with Crippen LogP contribution in [0.3, 0.4) is 0 Å². The zero-order valence-corrected chi connectivity index (χ0v) is 11.0. The molecule has 0 aliphatic carbocycles. The maximum Gasteiger partial charge on any atom is 0.175 e. The molecule has 0 amide bonds. The molecule has 0 aliphatic heterocycles. The van der Waals surface area contributed by atoms with Crippen molar-refractivity contribution in [2.45, 2.75) is 13.3 Å². The number of benzene rings is 2. The van der Waals surface area contributed by atoms with E-state index >= 15 is 0 Å². The first-order valence-electron chi connectivity index (χ1n) is 5.97. The second-order valence-corrected chi connectivity index (χ2v) is 5.03. The first-order chi connectivity index (χ1) is 8.70. The van der Waals surface area contributed by atoms with E-state index < -0.39 is 0 Å². The maximum absolute atomic E-state index is 5.09. The third-order valence-electron chi connectivity index (χ3n) is 3.11. The van der Waals surface area contributed by atoms with Crippen molar-refractivity contribution < 1.29 is 0 Å². The lowest BCUT2D eigenvalue weighted by Gasteiger charge is -2.02. The lowest BCUT2D eigenvalue weighted by Crippen LogP contribution is -1.88. The molecule has 0 radical (unpaired) electrons. The van der Waals surface area contributed by atoms with Gasteiger partial charge in [0.05, 0.1) is 11.0 Å². The van der Waals surface area contributed by atoms with Gasteiger partial charge in [0, 0.05) is 0 Å². The van der Waals surface area contributed by atoms with Gasteiger partial charge in [-0.25, -0.2) is 0 Å². The standard InChI is InChI=1S/C15H14N2S/c1-10-2-4-11(5-3-10)8-12-6-7-13-14(9-12)17-15(18)16-13/h2-7,9H,8H2,1H3,(H2,16,17,18). The Labute approximate surface area is 111 Å². The summed E-state index contributed by atoms with van der Waals surface area (Å²) in [5.41, 5.74) is 6.05. The van der Waals surface area contributed by atoms with E-state index in [0.29, 0.717) is 4.77 Å². The fraction of sp³-hybridized carbons (Fsp3) is 0.133. The van der Waals surface area contributed by atoms with Gasteiger partial charge < -0.3 is 9.97 Å². The summed E-state index contributed by atoms with van der Waals surface area (Å²) < 4.78 is 0.678. The minimum Gasteiger partial charge on any atom is -0.331 e. The van der Waals surface area contributed by atoms with E-state index in [4.69, 9.17) is 12.2 Å². The lowest BCUT2D eigenvalue weighted by atomic mass is 10.0.